The maximum Gasteiger partial charge on any atom is 0.416 e. The Hall–Kier alpha value is -1.86. The summed E-state index contributed by atoms with van der Waals surface area (Å²) in [4.78, 5) is 0. The first-order valence-electron chi connectivity index (χ1n) is 5.54. The summed E-state index contributed by atoms with van der Waals surface area (Å²) in [5, 5.41) is 3.94. The fourth-order valence-electron chi connectivity index (χ4n) is 1.96. The van der Waals surface area contributed by atoms with E-state index >= 15 is 0 Å². The molecule has 19 heavy (non-hydrogen) atoms. The van der Waals surface area contributed by atoms with E-state index in [-0.39, 0.29) is 5.56 Å². The molecule has 7 heteroatoms. The summed E-state index contributed by atoms with van der Waals surface area (Å²) in [6.07, 6.45) is -1.32. The second kappa shape index (κ2) is 5.02. The number of benzene rings is 1. The fraction of sp³-hybridized carbons (Fsp3) is 0.250. The number of rotatable bonds is 3. The molecule has 0 amide bonds. The van der Waals surface area contributed by atoms with Crippen molar-refractivity contribution in [3.05, 3.63) is 53.3 Å². The van der Waals surface area contributed by atoms with Crippen LogP contribution in [0.15, 0.2) is 36.7 Å². The summed E-state index contributed by atoms with van der Waals surface area (Å²) < 4.78 is 40.4. The molecule has 0 saturated carbocycles. The normalized spacial score (nSPS) is 13.5. The number of halogens is 3. The van der Waals surface area contributed by atoms with Gasteiger partial charge in [0.2, 0.25) is 0 Å². The Balaban J connectivity index is 2.50. The fourth-order valence-corrected chi connectivity index (χ4v) is 1.96. The van der Waals surface area contributed by atoms with Gasteiger partial charge in [-0.3, -0.25) is 10.5 Å². The lowest BCUT2D eigenvalue weighted by atomic mass is 9.96. The number of nitrogens with zero attached hydrogens (tertiary/aromatic N) is 2. The van der Waals surface area contributed by atoms with Gasteiger partial charge in [0.05, 0.1) is 17.8 Å². The smallest absolute Gasteiger partial charge is 0.275 e. The van der Waals surface area contributed by atoms with Gasteiger partial charge in [-0.15, -0.1) is 0 Å². The zero-order chi connectivity index (χ0) is 14.0. The third-order valence-corrected chi connectivity index (χ3v) is 2.80. The van der Waals surface area contributed by atoms with Gasteiger partial charge in [0, 0.05) is 18.8 Å². The minimum absolute atomic E-state index is 0.0745. The molecule has 1 aromatic carbocycles. The van der Waals surface area contributed by atoms with Gasteiger partial charge in [-0.25, -0.2) is 5.43 Å². The standard InChI is InChI=1S/C12H13F3N4/c1-19-7-8(6-17-19)11(18-16)9-4-2-3-5-10(9)12(13,14)15/h2-7,11,18H,16H2,1H3. The monoisotopic (exact) mass is 270 g/mol. The molecule has 0 saturated heterocycles. The van der Waals surface area contributed by atoms with Crippen molar-refractivity contribution in [2.75, 3.05) is 0 Å². The van der Waals surface area contributed by atoms with Crippen molar-refractivity contribution >= 4 is 0 Å². The summed E-state index contributed by atoms with van der Waals surface area (Å²) >= 11 is 0. The predicted molar refractivity (Wildman–Crippen MR) is 63.8 cm³/mol. The van der Waals surface area contributed by atoms with Crippen molar-refractivity contribution in [1.82, 2.24) is 15.2 Å². The van der Waals surface area contributed by atoms with Crippen LogP contribution in [0.25, 0.3) is 0 Å². The average Bonchev–Trinajstić information content (AvgIpc) is 2.76. The molecule has 2 aromatic rings. The lowest BCUT2D eigenvalue weighted by Crippen LogP contribution is -2.30. The molecular formula is C12H13F3N4. The number of aryl methyl sites for hydroxylation is 1. The van der Waals surface area contributed by atoms with Crippen molar-refractivity contribution in [3.8, 4) is 0 Å². The number of alkyl halides is 3. The van der Waals surface area contributed by atoms with Gasteiger partial charge < -0.3 is 0 Å². The summed E-state index contributed by atoms with van der Waals surface area (Å²) in [7, 11) is 1.69. The number of aromatic nitrogens is 2. The van der Waals surface area contributed by atoms with E-state index in [2.05, 4.69) is 10.5 Å². The van der Waals surface area contributed by atoms with Gasteiger partial charge in [0.1, 0.15) is 0 Å². The Bertz CT molecular complexity index is 562. The van der Waals surface area contributed by atoms with Crippen molar-refractivity contribution in [2.45, 2.75) is 12.2 Å². The van der Waals surface area contributed by atoms with Crippen LogP contribution in [0.1, 0.15) is 22.7 Å². The van der Waals surface area contributed by atoms with E-state index < -0.39 is 17.8 Å². The van der Waals surface area contributed by atoms with E-state index in [0.29, 0.717) is 5.56 Å². The summed E-state index contributed by atoms with van der Waals surface area (Å²) in [6, 6.07) is 4.58. The van der Waals surface area contributed by atoms with Crippen LogP contribution in [0, 0.1) is 0 Å². The van der Waals surface area contributed by atoms with Crippen LogP contribution in [-0.2, 0) is 13.2 Å². The molecule has 1 unspecified atom stereocenters. The van der Waals surface area contributed by atoms with Crippen molar-refractivity contribution < 1.29 is 13.2 Å². The molecule has 0 fully saturated rings. The highest BCUT2D eigenvalue weighted by molar-refractivity contribution is 5.37. The molecule has 0 aliphatic carbocycles. The second-order valence-corrected chi connectivity index (χ2v) is 4.13. The van der Waals surface area contributed by atoms with E-state index in [1.54, 1.807) is 19.3 Å². The molecule has 0 spiro atoms. The Labute approximate surface area is 108 Å². The van der Waals surface area contributed by atoms with Crippen LogP contribution >= 0.6 is 0 Å². The van der Waals surface area contributed by atoms with Crippen LogP contribution in [0.4, 0.5) is 13.2 Å². The number of hydrazine groups is 1. The molecule has 1 heterocycles. The highest BCUT2D eigenvalue weighted by Gasteiger charge is 2.35. The maximum atomic E-state index is 13.0. The predicted octanol–water partition coefficient (Wildman–Crippen LogP) is 1.99. The molecule has 1 atom stereocenters. The van der Waals surface area contributed by atoms with Gasteiger partial charge >= 0.3 is 6.18 Å². The van der Waals surface area contributed by atoms with Gasteiger partial charge in [-0.2, -0.15) is 18.3 Å². The molecule has 0 aliphatic heterocycles. The first kappa shape index (κ1) is 13.6. The topological polar surface area (TPSA) is 55.9 Å². The van der Waals surface area contributed by atoms with Crippen LogP contribution in [0.3, 0.4) is 0 Å². The Morgan fingerprint density at radius 2 is 2.00 bits per heavy atom. The number of hydrogen-bond donors (Lipinski definition) is 2. The summed E-state index contributed by atoms with van der Waals surface area (Å²) in [5.74, 6) is 5.40. The summed E-state index contributed by atoms with van der Waals surface area (Å²) in [5.41, 5.74) is 2.35. The van der Waals surface area contributed by atoms with E-state index in [0.717, 1.165) is 6.07 Å². The van der Waals surface area contributed by atoms with Crippen molar-refractivity contribution in [3.63, 3.8) is 0 Å². The van der Waals surface area contributed by atoms with Crippen LogP contribution < -0.4 is 11.3 Å². The number of nitrogens with two attached hydrogens (primary N) is 1. The molecular weight excluding hydrogens is 257 g/mol. The molecule has 102 valence electrons. The minimum Gasteiger partial charge on any atom is -0.275 e. The molecule has 0 radical (unpaired) electrons. The van der Waals surface area contributed by atoms with E-state index in [9.17, 15) is 13.2 Å². The highest BCUT2D eigenvalue weighted by Crippen LogP contribution is 2.36. The molecule has 3 N–H and O–H groups in total. The molecule has 0 aliphatic rings. The highest BCUT2D eigenvalue weighted by atomic mass is 19.4. The van der Waals surface area contributed by atoms with Crippen LogP contribution in [0.2, 0.25) is 0 Å². The third kappa shape index (κ3) is 2.77. The lowest BCUT2D eigenvalue weighted by Gasteiger charge is -2.20. The van der Waals surface area contributed by atoms with E-state index in [4.69, 9.17) is 5.84 Å². The number of nitrogens with one attached hydrogen (secondary N) is 1. The molecule has 4 nitrogen and oxygen atoms in total. The zero-order valence-electron chi connectivity index (χ0n) is 10.1. The Morgan fingerprint density at radius 1 is 1.32 bits per heavy atom. The minimum atomic E-state index is -4.42. The summed E-state index contributed by atoms with van der Waals surface area (Å²) in [6.45, 7) is 0. The quantitative estimate of drug-likeness (QED) is 0.662. The van der Waals surface area contributed by atoms with Gasteiger partial charge in [0.25, 0.3) is 0 Å². The average molecular weight is 270 g/mol. The van der Waals surface area contributed by atoms with Gasteiger partial charge in [-0.1, -0.05) is 18.2 Å². The molecule has 0 bridgehead atoms. The van der Waals surface area contributed by atoms with E-state index in [1.807, 2.05) is 0 Å². The van der Waals surface area contributed by atoms with Crippen LogP contribution in [-0.4, -0.2) is 9.78 Å². The molecule has 2 rings (SSSR count). The maximum absolute atomic E-state index is 13.0. The second-order valence-electron chi connectivity index (χ2n) is 4.13. The Morgan fingerprint density at radius 3 is 2.53 bits per heavy atom. The lowest BCUT2D eigenvalue weighted by molar-refractivity contribution is -0.138. The first-order chi connectivity index (χ1) is 8.93. The zero-order valence-corrected chi connectivity index (χ0v) is 10.1. The molecule has 1 aromatic heterocycles. The van der Waals surface area contributed by atoms with Crippen LogP contribution in [0.5, 0.6) is 0 Å². The largest absolute Gasteiger partial charge is 0.416 e. The SMILES string of the molecule is Cn1cc(C(NN)c2ccccc2C(F)(F)F)cn1. The van der Waals surface area contributed by atoms with E-state index in [1.165, 1.54) is 23.0 Å². The number of hydrogen-bond acceptors (Lipinski definition) is 3. The van der Waals surface area contributed by atoms with Gasteiger partial charge in [0.15, 0.2) is 0 Å². The first-order valence-corrected chi connectivity index (χ1v) is 5.54. The third-order valence-electron chi connectivity index (χ3n) is 2.80. The van der Waals surface area contributed by atoms with Crippen molar-refractivity contribution in [2.24, 2.45) is 12.9 Å². The van der Waals surface area contributed by atoms with Crippen molar-refractivity contribution in [1.29, 1.82) is 0 Å². The Kier molecular flexibility index (Phi) is 3.59. The van der Waals surface area contributed by atoms with Gasteiger partial charge in [-0.05, 0) is 11.6 Å².